The number of hydrogen-bond acceptors (Lipinski definition) is 2. The minimum Gasteiger partial charge on any atom is -0.489 e. The Morgan fingerprint density at radius 1 is 1.38 bits per heavy atom. The first-order valence-electron chi connectivity index (χ1n) is 5.39. The Kier molecular flexibility index (Phi) is 3.36. The Bertz CT molecular complexity index is 375. The molecule has 0 spiro atoms. The Balaban J connectivity index is 1.99. The normalized spacial score (nSPS) is 18.7. The van der Waals surface area contributed by atoms with Crippen LogP contribution in [0, 0.1) is 5.82 Å². The van der Waals surface area contributed by atoms with Crippen molar-refractivity contribution in [3.05, 3.63) is 29.0 Å². The van der Waals surface area contributed by atoms with Gasteiger partial charge in [0.15, 0.2) is 0 Å². The Labute approximate surface area is 99.0 Å². The van der Waals surface area contributed by atoms with E-state index in [9.17, 15) is 9.50 Å². The molecule has 1 aromatic rings. The predicted octanol–water partition coefficient (Wildman–Crippen LogP) is 3.16. The summed E-state index contributed by atoms with van der Waals surface area (Å²) in [5.41, 5.74) is -0.738. The molecule has 1 saturated carbocycles. The molecular weight excluding hydrogens is 231 g/mol. The van der Waals surface area contributed by atoms with Gasteiger partial charge in [0.05, 0.1) is 10.6 Å². The van der Waals surface area contributed by atoms with Crippen LogP contribution in [0.2, 0.25) is 5.02 Å². The van der Waals surface area contributed by atoms with Gasteiger partial charge >= 0.3 is 0 Å². The van der Waals surface area contributed by atoms with E-state index in [0.29, 0.717) is 5.75 Å². The maximum absolute atomic E-state index is 12.8. The van der Waals surface area contributed by atoms with Crippen molar-refractivity contribution in [2.75, 3.05) is 6.61 Å². The molecule has 0 amide bonds. The average Bonchev–Trinajstić information content (AvgIpc) is 2.64. The number of halogens is 2. The van der Waals surface area contributed by atoms with Crippen molar-refractivity contribution >= 4 is 11.6 Å². The van der Waals surface area contributed by atoms with Gasteiger partial charge in [-0.15, -0.1) is 0 Å². The summed E-state index contributed by atoms with van der Waals surface area (Å²) in [5.74, 6) is 0.0281. The van der Waals surface area contributed by atoms with Gasteiger partial charge in [0.25, 0.3) is 0 Å². The van der Waals surface area contributed by atoms with Crippen molar-refractivity contribution in [3.63, 3.8) is 0 Å². The van der Waals surface area contributed by atoms with Crippen LogP contribution in [0.25, 0.3) is 0 Å². The van der Waals surface area contributed by atoms with Crippen LogP contribution in [-0.4, -0.2) is 17.3 Å². The molecule has 1 aliphatic carbocycles. The van der Waals surface area contributed by atoms with Crippen molar-refractivity contribution in [3.8, 4) is 5.75 Å². The van der Waals surface area contributed by atoms with E-state index in [1.807, 2.05) is 0 Å². The molecule has 0 atom stereocenters. The predicted molar refractivity (Wildman–Crippen MR) is 60.3 cm³/mol. The van der Waals surface area contributed by atoms with Crippen LogP contribution < -0.4 is 4.74 Å². The molecule has 1 fully saturated rings. The summed E-state index contributed by atoms with van der Waals surface area (Å²) in [6.45, 7) is 0.221. The molecule has 0 bridgehead atoms. The third kappa shape index (κ3) is 2.66. The molecule has 1 N–H and O–H groups in total. The summed E-state index contributed by atoms with van der Waals surface area (Å²) in [7, 11) is 0. The second kappa shape index (κ2) is 4.60. The lowest BCUT2D eigenvalue weighted by molar-refractivity contribution is 0.00143. The lowest BCUT2D eigenvalue weighted by Crippen LogP contribution is -2.32. The van der Waals surface area contributed by atoms with Gasteiger partial charge in [-0.3, -0.25) is 0 Å². The van der Waals surface area contributed by atoms with Crippen LogP contribution in [0.4, 0.5) is 4.39 Å². The highest BCUT2D eigenvalue weighted by Crippen LogP contribution is 2.31. The maximum atomic E-state index is 12.8. The summed E-state index contributed by atoms with van der Waals surface area (Å²) in [6.07, 6.45) is 3.56. The van der Waals surface area contributed by atoms with Gasteiger partial charge < -0.3 is 9.84 Å². The fourth-order valence-corrected chi connectivity index (χ4v) is 2.20. The molecule has 0 unspecified atom stereocenters. The van der Waals surface area contributed by atoms with Gasteiger partial charge in [-0.1, -0.05) is 24.4 Å². The van der Waals surface area contributed by atoms with E-state index >= 15 is 0 Å². The van der Waals surface area contributed by atoms with Crippen molar-refractivity contribution in [1.82, 2.24) is 0 Å². The Hall–Kier alpha value is -0.800. The molecule has 0 saturated heterocycles. The smallest absolute Gasteiger partial charge is 0.138 e. The van der Waals surface area contributed by atoms with Gasteiger partial charge in [-0.05, 0) is 31.0 Å². The molecule has 1 aliphatic rings. The molecule has 0 radical (unpaired) electrons. The van der Waals surface area contributed by atoms with Gasteiger partial charge in [-0.2, -0.15) is 0 Å². The first kappa shape index (κ1) is 11.7. The van der Waals surface area contributed by atoms with Gasteiger partial charge in [-0.25, -0.2) is 4.39 Å². The summed E-state index contributed by atoms with van der Waals surface area (Å²) in [6, 6.07) is 3.98. The van der Waals surface area contributed by atoms with Crippen LogP contribution in [0.1, 0.15) is 25.7 Å². The van der Waals surface area contributed by atoms with Crippen molar-refractivity contribution in [2.45, 2.75) is 31.3 Å². The standard InChI is InChI=1S/C12H14ClFO2/c13-10-7-9(14)3-4-11(10)16-8-12(15)5-1-2-6-12/h3-4,7,15H,1-2,5-6,8H2. The number of ether oxygens (including phenoxy) is 1. The molecule has 0 aromatic heterocycles. The second-order valence-corrected chi connectivity index (χ2v) is 4.70. The minimum absolute atomic E-state index is 0.221. The number of benzene rings is 1. The lowest BCUT2D eigenvalue weighted by atomic mass is 10.0. The van der Waals surface area contributed by atoms with E-state index in [4.69, 9.17) is 16.3 Å². The van der Waals surface area contributed by atoms with Crippen LogP contribution in [-0.2, 0) is 0 Å². The average molecular weight is 245 g/mol. The highest BCUT2D eigenvalue weighted by atomic mass is 35.5. The van der Waals surface area contributed by atoms with Crippen molar-refractivity contribution < 1.29 is 14.2 Å². The van der Waals surface area contributed by atoms with Crippen molar-refractivity contribution in [2.24, 2.45) is 0 Å². The number of aliphatic hydroxyl groups is 1. The van der Waals surface area contributed by atoms with E-state index in [0.717, 1.165) is 25.7 Å². The fraction of sp³-hybridized carbons (Fsp3) is 0.500. The molecule has 4 heteroatoms. The molecular formula is C12H14ClFO2. The molecule has 88 valence electrons. The number of hydrogen-bond donors (Lipinski definition) is 1. The Morgan fingerprint density at radius 3 is 2.69 bits per heavy atom. The van der Waals surface area contributed by atoms with Crippen LogP contribution >= 0.6 is 11.6 Å². The maximum Gasteiger partial charge on any atom is 0.138 e. The van der Waals surface area contributed by atoms with Gasteiger partial charge in [0.1, 0.15) is 18.2 Å². The number of rotatable bonds is 3. The highest BCUT2D eigenvalue weighted by Gasteiger charge is 2.32. The van der Waals surface area contributed by atoms with E-state index in [-0.39, 0.29) is 11.6 Å². The highest BCUT2D eigenvalue weighted by molar-refractivity contribution is 6.32. The van der Waals surface area contributed by atoms with Crippen molar-refractivity contribution in [1.29, 1.82) is 0 Å². The zero-order chi connectivity index (χ0) is 11.6. The molecule has 16 heavy (non-hydrogen) atoms. The quantitative estimate of drug-likeness (QED) is 0.885. The van der Waals surface area contributed by atoms with E-state index in [2.05, 4.69) is 0 Å². The van der Waals surface area contributed by atoms with Gasteiger partial charge in [0.2, 0.25) is 0 Å². The van der Waals surface area contributed by atoms with Crippen LogP contribution in [0.3, 0.4) is 0 Å². The van der Waals surface area contributed by atoms with E-state index in [1.54, 1.807) is 0 Å². The molecule has 1 aromatic carbocycles. The van der Waals surface area contributed by atoms with E-state index in [1.165, 1.54) is 18.2 Å². The minimum atomic E-state index is -0.738. The molecule has 0 heterocycles. The third-order valence-corrected chi connectivity index (χ3v) is 3.22. The summed E-state index contributed by atoms with van der Waals surface area (Å²) in [5, 5.41) is 10.3. The fourth-order valence-electron chi connectivity index (χ4n) is 1.98. The zero-order valence-corrected chi connectivity index (χ0v) is 9.63. The first-order valence-corrected chi connectivity index (χ1v) is 5.77. The third-order valence-electron chi connectivity index (χ3n) is 2.92. The molecule has 2 rings (SSSR count). The van der Waals surface area contributed by atoms with Crippen LogP contribution in [0.5, 0.6) is 5.75 Å². The van der Waals surface area contributed by atoms with Crippen LogP contribution in [0.15, 0.2) is 18.2 Å². The van der Waals surface area contributed by atoms with E-state index < -0.39 is 11.4 Å². The topological polar surface area (TPSA) is 29.5 Å². The first-order chi connectivity index (χ1) is 7.59. The largest absolute Gasteiger partial charge is 0.489 e. The molecule has 2 nitrogen and oxygen atoms in total. The summed E-state index contributed by atoms with van der Waals surface area (Å²) >= 11 is 5.81. The molecule has 0 aliphatic heterocycles. The SMILES string of the molecule is OC1(COc2ccc(F)cc2Cl)CCCC1. The monoisotopic (exact) mass is 244 g/mol. The lowest BCUT2D eigenvalue weighted by Gasteiger charge is -2.22. The zero-order valence-electron chi connectivity index (χ0n) is 8.88. The second-order valence-electron chi connectivity index (χ2n) is 4.29. The van der Waals surface area contributed by atoms with Gasteiger partial charge in [0, 0.05) is 0 Å². The Morgan fingerprint density at radius 2 is 2.06 bits per heavy atom. The summed E-state index contributed by atoms with van der Waals surface area (Å²) in [4.78, 5) is 0. The summed E-state index contributed by atoms with van der Waals surface area (Å²) < 4.78 is 18.2.